The van der Waals surface area contributed by atoms with Crippen molar-refractivity contribution in [3.05, 3.63) is 0 Å². The van der Waals surface area contributed by atoms with Crippen molar-refractivity contribution in [2.24, 2.45) is 11.8 Å². The Morgan fingerprint density at radius 2 is 1.50 bits per heavy atom. The minimum absolute atomic E-state index is 0.0270. The summed E-state index contributed by atoms with van der Waals surface area (Å²) >= 11 is 0. The highest BCUT2D eigenvalue weighted by Crippen LogP contribution is 2.37. The van der Waals surface area contributed by atoms with Gasteiger partial charge in [-0.25, -0.2) is 0 Å². The van der Waals surface area contributed by atoms with Crippen LogP contribution in [0.25, 0.3) is 0 Å². The first-order valence-electron chi connectivity index (χ1n) is 9.80. The van der Waals surface area contributed by atoms with Crippen molar-refractivity contribution < 1.29 is 9.47 Å². The van der Waals surface area contributed by atoms with Gasteiger partial charge >= 0.3 is 0 Å². The van der Waals surface area contributed by atoms with E-state index in [2.05, 4.69) is 27.7 Å². The zero-order chi connectivity index (χ0) is 16.0. The molecule has 1 atom stereocenters. The lowest BCUT2D eigenvalue weighted by Gasteiger charge is -2.40. The molecule has 0 spiro atoms. The van der Waals surface area contributed by atoms with Crippen LogP contribution < -0.4 is 0 Å². The lowest BCUT2D eigenvalue weighted by molar-refractivity contribution is -0.105. The molecule has 0 bridgehead atoms. The number of hydrogen-bond donors (Lipinski definition) is 0. The Labute approximate surface area is 138 Å². The minimum Gasteiger partial charge on any atom is -0.375 e. The van der Waals surface area contributed by atoms with Gasteiger partial charge in [-0.1, -0.05) is 39.5 Å². The van der Waals surface area contributed by atoms with E-state index in [0.29, 0.717) is 24.0 Å². The molecule has 0 aromatic carbocycles. The van der Waals surface area contributed by atoms with Crippen LogP contribution in [0.5, 0.6) is 0 Å². The molecule has 0 aliphatic heterocycles. The predicted molar refractivity (Wildman–Crippen MR) is 93.2 cm³/mol. The van der Waals surface area contributed by atoms with Gasteiger partial charge in [0.05, 0.1) is 17.8 Å². The Bertz CT molecular complexity index is 299. The smallest absolute Gasteiger partial charge is 0.0654 e. The van der Waals surface area contributed by atoms with Crippen LogP contribution in [0.15, 0.2) is 0 Å². The van der Waals surface area contributed by atoms with Crippen LogP contribution in [0.3, 0.4) is 0 Å². The SMILES string of the molecule is CCC(C)COC(C)(C)C1CCC(OC2CCCCC2)CC1. The van der Waals surface area contributed by atoms with Gasteiger partial charge in [0, 0.05) is 6.61 Å². The van der Waals surface area contributed by atoms with Gasteiger partial charge in [-0.2, -0.15) is 0 Å². The molecule has 1 unspecified atom stereocenters. The summed E-state index contributed by atoms with van der Waals surface area (Å²) < 4.78 is 12.6. The summed E-state index contributed by atoms with van der Waals surface area (Å²) in [6.45, 7) is 10.0. The molecule has 0 heterocycles. The lowest BCUT2D eigenvalue weighted by Crippen LogP contribution is -2.40. The minimum atomic E-state index is 0.0270. The topological polar surface area (TPSA) is 18.5 Å². The predicted octanol–water partition coefficient (Wildman–Crippen LogP) is 5.74. The van der Waals surface area contributed by atoms with E-state index in [4.69, 9.17) is 9.47 Å². The third-order valence-corrected chi connectivity index (χ3v) is 6.03. The van der Waals surface area contributed by atoms with Crippen LogP contribution in [0.4, 0.5) is 0 Å². The third kappa shape index (κ3) is 5.53. The quantitative estimate of drug-likeness (QED) is 0.597. The van der Waals surface area contributed by atoms with E-state index in [0.717, 1.165) is 6.61 Å². The van der Waals surface area contributed by atoms with Crippen molar-refractivity contribution in [2.45, 2.75) is 110 Å². The Balaban J connectivity index is 1.71. The van der Waals surface area contributed by atoms with E-state index in [1.54, 1.807) is 0 Å². The average molecular weight is 311 g/mol. The zero-order valence-electron chi connectivity index (χ0n) is 15.4. The van der Waals surface area contributed by atoms with Gasteiger partial charge in [0.2, 0.25) is 0 Å². The summed E-state index contributed by atoms with van der Waals surface area (Å²) in [5, 5.41) is 0. The summed E-state index contributed by atoms with van der Waals surface area (Å²) in [7, 11) is 0. The molecule has 2 nitrogen and oxygen atoms in total. The molecule has 0 aromatic heterocycles. The summed E-state index contributed by atoms with van der Waals surface area (Å²) in [6.07, 6.45) is 14.0. The first kappa shape index (κ1) is 18.3. The summed E-state index contributed by atoms with van der Waals surface area (Å²) in [5.41, 5.74) is 0.0270. The molecule has 130 valence electrons. The highest BCUT2D eigenvalue weighted by atomic mass is 16.5. The fourth-order valence-electron chi connectivity index (χ4n) is 3.96. The van der Waals surface area contributed by atoms with Crippen LogP contribution >= 0.6 is 0 Å². The Morgan fingerprint density at radius 1 is 0.909 bits per heavy atom. The molecule has 22 heavy (non-hydrogen) atoms. The van der Waals surface area contributed by atoms with Gasteiger partial charge in [0.15, 0.2) is 0 Å². The molecule has 0 N–H and O–H groups in total. The van der Waals surface area contributed by atoms with Gasteiger partial charge in [-0.05, 0) is 64.2 Å². The van der Waals surface area contributed by atoms with Gasteiger partial charge < -0.3 is 9.47 Å². The number of hydrogen-bond acceptors (Lipinski definition) is 2. The molecule has 0 aromatic rings. The Kier molecular flexibility index (Phi) is 7.21. The maximum absolute atomic E-state index is 6.37. The highest BCUT2D eigenvalue weighted by Gasteiger charge is 2.35. The standard InChI is InChI=1S/C20H38O2/c1-5-16(2)15-21-20(3,4)17-11-13-19(14-12-17)22-18-9-7-6-8-10-18/h16-19H,5-15H2,1-4H3. The van der Waals surface area contributed by atoms with E-state index >= 15 is 0 Å². The van der Waals surface area contributed by atoms with E-state index < -0.39 is 0 Å². The fraction of sp³-hybridized carbons (Fsp3) is 1.00. The van der Waals surface area contributed by atoms with E-state index in [1.165, 1.54) is 64.2 Å². The van der Waals surface area contributed by atoms with Crippen LogP contribution in [0.2, 0.25) is 0 Å². The van der Waals surface area contributed by atoms with Gasteiger partial charge in [0.1, 0.15) is 0 Å². The van der Waals surface area contributed by atoms with Crippen LogP contribution in [-0.4, -0.2) is 24.4 Å². The first-order chi connectivity index (χ1) is 10.5. The molecular weight excluding hydrogens is 272 g/mol. The molecule has 2 saturated carbocycles. The molecule has 2 aliphatic rings. The molecule has 2 heteroatoms. The van der Waals surface area contributed by atoms with Crippen LogP contribution in [-0.2, 0) is 9.47 Å². The largest absolute Gasteiger partial charge is 0.375 e. The monoisotopic (exact) mass is 310 g/mol. The van der Waals surface area contributed by atoms with Crippen molar-refractivity contribution in [1.82, 2.24) is 0 Å². The Morgan fingerprint density at radius 3 is 2.09 bits per heavy atom. The molecule has 0 amide bonds. The van der Waals surface area contributed by atoms with Gasteiger partial charge in [-0.3, -0.25) is 0 Å². The summed E-state index contributed by atoms with van der Waals surface area (Å²) in [6, 6.07) is 0. The second-order valence-electron chi connectivity index (χ2n) is 8.30. The van der Waals surface area contributed by atoms with E-state index in [1.807, 2.05) is 0 Å². The average Bonchev–Trinajstić information content (AvgIpc) is 2.54. The lowest BCUT2D eigenvalue weighted by atomic mass is 9.77. The first-order valence-corrected chi connectivity index (χ1v) is 9.80. The second kappa shape index (κ2) is 8.68. The molecule has 0 radical (unpaired) electrons. The van der Waals surface area contributed by atoms with E-state index in [-0.39, 0.29) is 5.60 Å². The van der Waals surface area contributed by atoms with E-state index in [9.17, 15) is 0 Å². The van der Waals surface area contributed by atoms with Crippen molar-refractivity contribution in [2.75, 3.05) is 6.61 Å². The molecule has 2 fully saturated rings. The van der Waals surface area contributed by atoms with Crippen LogP contribution in [0.1, 0.15) is 91.9 Å². The summed E-state index contributed by atoms with van der Waals surface area (Å²) in [4.78, 5) is 0. The summed E-state index contributed by atoms with van der Waals surface area (Å²) in [5.74, 6) is 1.37. The third-order valence-electron chi connectivity index (χ3n) is 6.03. The maximum Gasteiger partial charge on any atom is 0.0654 e. The van der Waals surface area contributed by atoms with Gasteiger partial charge in [0.25, 0.3) is 0 Å². The van der Waals surface area contributed by atoms with Crippen LogP contribution in [0, 0.1) is 11.8 Å². The number of rotatable bonds is 7. The molecular formula is C20H38O2. The molecule has 2 rings (SSSR count). The normalized spacial score (nSPS) is 29.5. The van der Waals surface area contributed by atoms with Crippen molar-refractivity contribution in [1.29, 1.82) is 0 Å². The Hall–Kier alpha value is -0.0800. The molecule has 2 aliphatic carbocycles. The highest BCUT2D eigenvalue weighted by molar-refractivity contribution is 4.85. The maximum atomic E-state index is 6.37. The molecule has 0 saturated heterocycles. The fourth-order valence-corrected chi connectivity index (χ4v) is 3.96. The van der Waals surface area contributed by atoms with Crippen molar-refractivity contribution in [3.8, 4) is 0 Å². The van der Waals surface area contributed by atoms with Crippen molar-refractivity contribution >= 4 is 0 Å². The second-order valence-corrected chi connectivity index (χ2v) is 8.30. The van der Waals surface area contributed by atoms with Gasteiger partial charge in [-0.15, -0.1) is 0 Å². The van der Waals surface area contributed by atoms with Crippen molar-refractivity contribution in [3.63, 3.8) is 0 Å². The zero-order valence-corrected chi connectivity index (χ0v) is 15.4. The number of ether oxygens (including phenoxy) is 2.